The Kier molecular flexibility index (Phi) is 4.14. The molecule has 0 aromatic heterocycles. The lowest BCUT2D eigenvalue weighted by Crippen LogP contribution is -2.53. The molecule has 98 valence electrons. The third-order valence-electron chi connectivity index (χ3n) is 3.41. The predicted octanol–water partition coefficient (Wildman–Crippen LogP) is 0.634. The fourth-order valence-electron chi connectivity index (χ4n) is 2.52. The molecule has 2 saturated heterocycles. The first-order valence-corrected chi connectivity index (χ1v) is 6.38. The Labute approximate surface area is 102 Å². The molecule has 5 heteroatoms. The lowest BCUT2D eigenvalue weighted by molar-refractivity contribution is -0.352. The third-order valence-corrected chi connectivity index (χ3v) is 3.41. The van der Waals surface area contributed by atoms with Crippen molar-refractivity contribution in [2.45, 2.75) is 26.2 Å². The summed E-state index contributed by atoms with van der Waals surface area (Å²) in [6.45, 7) is 7.72. The first-order chi connectivity index (χ1) is 8.22. The number of ether oxygens (including phenoxy) is 3. The minimum Gasteiger partial charge on any atom is -0.327 e. The molecule has 0 aromatic carbocycles. The normalized spacial score (nSPS) is 29.8. The monoisotopic (exact) mass is 243 g/mol. The van der Waals surface area contributed by atoms with Gasteiger partial charge >= 0.3 is 0 Å². The van der Waals surface area contributed by atoms with Gasteiger partial charge in [0.1, 0.15) is 5.92 Å². The van der Waals surface area contributed by atoms with Crippen LogP contribution in [0.1, 0.15) is 20.3 Å². The van der Waals surface area contributed by atoms with E-state index in [9.17, 15) is 4.79 Å². The van der Waals surface area contributed by atoms with Crippen molar-refractivity contribution < 1.29 is 19.0 Å². The van der Waals surface area contributed by atoms with Gasteiger partial charge in [0.15, 0.2) is 5.78 Å². The van der Waals surface area contributed by atoms with Crippen molar-refractivity contribution in [3.8, 4) is 0 Å². The molecular weight excluding hydrogens is 222 g/mol. The highest BCUT2D eigenvalue weighted by molar-refractivity contribution is 5.84. The van der Waals surface area contributed by atoms with Gasteiger partial charge in [0.25, 0.3) is 5.97 Å². The van der Waals surface area contributed by atoms with Crippen LogP contribution in [0.5, 0.6) is 0 Å². The quantitative estimate of drug-likeness (QED) is 0.725. The molecule has 2 aliphatic heterocycles. The van der Waals surface area contributed by atoms with Crippen LogP contribution in [0, 0.1) is 5.92 Å². The van der Waals surface area contributed by atoms with Gasteiger partial charge in [-0.3, -0.25) is 9.69 Å². The number of ketones is 1. The van der Waals surface area contributed by atoms with E-state index in [1.54, 1.807) is 0 Å². The van der Waals surface area contributed by atoms with Crippen molar-refractivity contribution in [2.24, 2.45) is 5.92 Å². The molecule has 0 N–H and O–H groups in total. The predicted molar refractivity (Wildman–Crippen MR) is 61.5 cm³/mol. The van der Waals surface area contributed by atoms with Crippen LogP contribution in [0.15, 0.2) is 0 Å². The molecule has 2 aliphatic rings. The molecule has 0 aliphatic carbocycles. The van der Waals surface area contributed by atoms with E-state index in [4.69, 9.17) is 14.2 Å². The van der Waals surface area contributed by atoms with Crippen molar-refractivity contribution in [1.82, 2.24) is 4.90 Å². The van der Waals surface area contributed by atoms with Gasteiger partial charge in [-0.25, -0.2) is 0 Å². The van der Waals surface area contributed by atoms with Gasteiger partial charge in [-0.2, -0.15) is 0 Å². The molecule has 0 radical (unpaired) electrons. The summed E-state index contributed by atoms with van der Waals surface area (Å²) in [6, 6.07) is 0. The van der Waals surface area contributed by atoms with Crippen molar-refractivity contribution in [3.63, 3.8) is 0 Å². The van der Waals surface area contributed by atoms with Crippen LogP contribution in [-0.2, 0) is 19.0 Å². The molecule has 0 aromatic rings. The maximum absolute atomic E-state index is 12.1. The molecule has 0 bridgehead atoms. The molecule has 0 saturated carbocycles. The van der Waals surface area contributed by atoms with Crippen molar-refractivity contribution in [1.29, 1.82) is 0 Å². The molecule has 2 rings (SSSR count). The van der Waals surface area contributed by atoms with E-state index in [2.05, 4.69) is 11.8 Å². The zero-order valence-electron chi connectivity index (χ0n) is 10.6. The maximum Gasteiger partial charge on any atom is 0.293 e. The second-order valence-electron chi connectivity index (χ2n) is 4.41. The van der Waals surface area contributed by atoms with E-state index < -0.39 is 5.97 Å². The summed E-state index contributed by atoms with van der Waals surface area (Å²) in [5, 5.41) is 0. The zero-order valence-corrected chi connectivity index (χ0v) is 10.6. The van der Waals surface area contributed by atoms with Crippen molar-refractivity contribution in [3.05, 3.63) is 0 Å². The molecule has 2 fully saturated rings. The molecule has 5 nitrogen and oxygen atoms in total. The lowest BCUT2D eigenvalue weighted by atomic mass is 9.92. The van der Waals surface area contributed by atoms with Crippen LogP contribution >= 0.6 is 0 Å². The Balaban J connectivity index is 2.07. The number of hydrogen-bond donors (Lipinski definition) is 0. The summed E-state index contributed by atoms with van der Waals surface area (Å²) in [6.07, 6.45) is 0.743. The summed E-state index contributed by atoms with van der Waals surface area (Å²) >= 11 is 0. The molecule has 17 heavy (non-hydrogen) atoms. The molecule has 0 amide bonds. The Morgan fingerprint density at radius 1 is 1.41 bits per heavy atom. The number of Topliss-reactive ketones (excluding diaryl/α,β-unsaturated/α-hetero) is 1. The maximum atomic E-state index is 12.1. The van der Waals surface area contributed by atoms with Gasteiger partial charge in [0.05, 0.1) is 19.8 Å². The van der Waals surface area contributed by atoms with Crippen molar-refractivity contribution in [2.75, 3.05) is 39.5 Å². The molecule has 0 spiro atoms. The number of carbonyl (C=O) groups excluding carboxylic acids is 1. The average Bonchev–Trinajstić information content (AvgIpc) is 2.79. The fraction of sp³-hybridized carbons (Fsp3) is 0.917. The Bertz CT molecular complexity index is 276. The minimum absolute atomic E-state index is 0.161. The van der Waals surface area contributed by atoms with E-state index >= 15 is 0 Å². The van der Waals surface area contributed by atoms with Gasteiger partial charge in [0.2, 0.25) is 0 Å². The second-order valence-corrected chi connectivity index (χ2v) is 4.41. The number of nitrogens with zero attached hydrogens (tertiary/aromatic N) is 1. The van der Waals surface area contributed by atoms with Gasteiger partial charge in [-0.1, -0.05) is 6.92 Å². The van der Waals surface area contributed by atoms with Crippen LogP contribution < -0.4 is 0 Å². The van der Waals surface area contributed by atoms with Crippen molar-refractivity contribution >= 4 is 5.78 Å². The first-order valence-electron chi connectivity index (χ1n) is 6.38. The number of likely N-dealkylation sites (N-methyl/N-ethyl adjacent to an activating group) is 1. The average molecular weight is 243 g/mol. The third kappa shape index (κ3) is 2.52. The summed E-state index contributed by atoms with van der Waals surface area (Å²) < 4.78 is 16.7. The second kappa shape index (κ2) is 5.44. The Morgan fingerprint density at radius 3 is 2.65 bits per heavy atom. The number of likely N-dealkylation sites (tertiary alicyclic amines) is 1. The molecule has 2 heterocycles. The van der Waals surface area contributed by atoms with Gasteiger partial charge in [-0.05, 0) is 26.4 Å². The topological polar surface area (TPSA) is 48.0 Å². The van der Waals surface area contributed by atoms with Gasteiger partial charge in [-0.15, -0.1) is 0 Å². The lowest BCUT2D eigenvalue weighted by Gasteiger charge is -2.38. The first kappa shape index (κ1) is 13.0. The Morgan fingerprint density at radius 2 is 2.12 bits per heavy atom. The summed E-state index contributed by atoms with van der Waals surface area (Å²) in [5.41, 5.74) is 0. The van der Waals surface area contributed by atoms with E-state index in [-0.39, 0.29) is 11.7 Å². The van der Waals surface area contributed by atoms with E-state index in [0.717, 1.165) is 19.5 Å². The molecular formula is C12H21NO4. The standard InChI is InChI=1S/C12H21NO4/c1-3-13-6-5-10(11(14)9-13)12(15-4-2)16-7-8-17-12/h10H,3-9H2,1-2H3. The summed E-state index contributed by atoms with van der Waals surface area (Å²) in [4.78, 5) is 14.3. The minimum atomic E-state index is -1.11. The fourth-order valence-corrected chi connectivity index (χ4v) is 2.52. The van der Waals surface area contributed by atoms with Crippen LogP contribution in [0.25, 0.3) is 0 Å². The highest BCUT2D eigenvalue weighted by atomic mass is 16.9. The van der Waals surface area contributed by atoms with Gasteiger partial charge in [0, 0.05) is 6.61 Å². The smallest absolute Gasteiger partial charge is 0.293 e. The SMILES string of the molecule is CCOC1(C2CCN(CC)CC2=O)OCCO1. The number of carbonyl (C=O) groups is 1. The van der Waals surface area contributed by atoms with Crippen LogP contribution in [0.3, 0.4) is 0 Å². The van der Waals surface area contributed by atoms with Crippen LogP contribution in [-0.4, -0.2) is 56.1 Å². The van der Waals surface area contributed by atoms with Crippen LogP contribution in [0.2, 0.25) is 0 Å². The van der Waals surface area contributed by atoms with E-state index in [1.165, 1.54) is 0 Å². The highest BCUT2D eigenvalue weighted by Crippen LogP contribution is 2.34. The highest BCUT2D eigenvalue weighted by Gasteiger charge is 2.50. The summed E-state index contributed by atoms with van der Waals surface area (Å²) in [5.74, 6) is -1.23. The molecule has 1 unspecified atom stereocenters. The number of hydrogen-bond acceptors (Lipinski definition) is 5. The molecule has 1 atom stereocenters. The number of rotatable bonds is 4. The van der Waals surface area contributed by atoms with E-state index in [0.29, 0.717) is 26.4 Å². The Hall–Kier alpha value is -0.490. The van der Waals surface area contributed by atoms with Crippen LogP contribution in [0.4, 0.5) is 0 Å². The van der Waals surface area contributed by atoms with E-state index in [1.807, 2.05) is 6.92 Å². The van der Waals surface area contributed by atoms with Gasteiger partial charge < -0.3 is 14.2 Å². The number of piperidine rings is 1. The zero-order chi connectivity index (χ0) is 12.3. The summed E-state index contributed by atoms with van der Waals surface area (Å²) in [7, 11) is 0. The largest absolute Gasteiger partial charge is 0.327 e.